The molecule has 0 fully saturated rings. The standard InChI is InChI=1S/C15H27N/c1-3-5-7-8-9-11-13-15(14-16)12-10-6-4-2/h13H,3-12H2,1-2H3/b15-13-. The van der Waals surface area contributed by atoms with E-state index in [0.717, 1.165) is 18.4 Å². The lowest BCUT2D eigenvalue weighted by atomic mass is 10.1. The largest absolute Gasteiger partial charge is 0.193 e. The summed E-state index contributed by atoms with van der Waals surface area (Å²) in [4.78, 5) is 0. The Morgan fingerprint density at radius 2 is 1.56 bits per heavy atom. The first-order chi connectivity index (χ1) is 7.85. The number of unbranched alkanes of at least 4 members (excludes halogenated alkanes) is 7. The number of allylic oxidation sites excluding steroid dienone is 2. The maximum atomic E-state index is 8.95. The van der Waals surface area contributed by atoms with Gasteiger partial charge < -0.3 is 0 Å². The minimum absolute atomic E-state index is 0.985. The molecule has 0 saturated carbocycles. The Morgan fingerprint density at radius 3 is 2.19 bits per heavy atom. The zero-order valence-corrected chi connectivity index (χ0v) is 11.1. The van der Waals surface area contributed by atoms with Crippen molar-refractivity contribution in [2.24, 2.45) is 0 Å². The van der Waals surface area contributed by atoms with Crippen molar-refractivity contribution in [2.75, 3.05) is 0 Å². The summed E-state index contributed by atoms with van der Waals surface area (Å²) in [5.74, 6) is 0. The summed E-state index contributed by atoms with van der Waals surface area (Å²) < 4.78 is 0. The van der Waals surface area contributed by atoms with Crippen LogP contribution in [0.4, 0.5) is 0 Å². The normalized spacial score (nSPS) is 11.4. The molecule has 0 aromatic heterocycles. The van der Waals surface area contributed by atoms with Gasteiger partial charge in [-0.1, -0.05) is 58.4 Å². The minimum Gasteiger partial charge on any atom is -0.193 e. The third-order valence-corrected chi connectivity index (χ3v) is 2.89. The molecule has 0 aliphatic rings. The van der Waals surface area contributed by atoms with Crippen LogP contribution < -0.4 is 0 Å². The number of nitriles is 1. The van der Waals surface area contributed by atoms with Gasteiger partial charge in [0.1, 0.15) is 0 Å². The van der Waals surface area contributed by atoms with E-state index in [0.29, 0.717) is 0 Å². The van der Waals surface area contributed by atoms with Crippen LogP contribution in [0.5, 0.6) is 0 Å². The molecule has 1 heteroatoms. The lowest BCUT2D eigenvalue weighted by Gasteiger charge is -1.99. The summed E-state index contributed by atoms with van der Waals surface area (Å²) >= 11 is 0. The van der Waals surface area contributed by atoms with E-state index in [4.69, 9.17) is 5.26 Å². The van der Waals surface area contributed by atoms with Gasteiger partial charge >= 0.3 is 0 Å². The van der Waals surface area contributed by atoms with E-state index in [9.17, 15) is 0 Å². The van der Waals surface area contributed by atoms with E-state index in [-0.39, 0.29) is 0 Å². The average Bonchev–Trinajstić information content (AvgIpc) is 2.31. The van der Waals surface area contributed by atoms with E-state index in [1.807, 2.05) is 0 Å². The molecule has 0 amide bonds. The topological polar surface area (TPSA) is 23.8 Å². The highest BCUT2D eigenvalue weighted by Crippen LogP contribution is 2.11. The zero-order valence-electron chi connectivity index (χ0n) is 11.1. The number of hydrogen-bond donors (Lipinski definition) is 0. The highest BCUT2D eigenvalue weighted by molar-refractivity contribution is 5.20. The molecular formula is C15H27N. The van der Waals surface area contributed by atoms with Crippen molar-refractivity contribution < 1.29 is 0 Å². The number of nitrogens with zero attached hydrogens (tertiary/aromatic N) is 1. The van der Waals surface area contributed by atoms with Gasteiger partial charge in [-0.25, -0.2) is 0 Å². The summed E-state index contributed by atoms with van der Waals surface area (Å²) in [5, 5.41) is 8.95. The van der Waals surface area contributed by atoms with Gasteiger partial charge in [-0.15, -0.1) is 0 Å². The molecule has 0 radical (unpaired) electrons. The molecule has 0 aliphatic carbocycles. The van der Waals surface area contributed by atoms with Gasteiger partial charge in [0.25, 0.3) is 0 Å². The van der Waals surface area contributed by atoms with E-state index in [1.54, 1.807) is 0 Å². The Bertz CT molecular complexity index is 210. The number of rotatable bonds is 10. The highest BCUT2D eigenvalue weighted by atomic mass is 14.2. The molecule has 0 atom stereocenters. The molecule has 92 valence electrons. The second kappa shape index (κ2) is 12.3. The molecule has 0 aromatic rings. The summed E-state index contributed by atoms with van der Waals surface area (Å²) in [6.45, 7) is 4.44. The number of hydrogen-bond acceptors (Lipinski definition) is 1. The van der Waals surface area contributed by atoms with Gasteiger partial charge in [-0.3, -0.25) is 0 Å². The fourth-order valence-corrected chi connectivity index (χ4v) is 1.79. The lowest BCUT2D eigenvalue weighted by Crippen LogP contribution is -1.82. The highest BCUT2D eigenvalue weighted by Gasteiger charge is 1.95. The molecule has 0 saturated heterocycles. The third kappa shape index (κ3) is 9.77. The Hall–Kier alpha value is -0.770. The maximum Gasteiger partial charge on any atom is 0.0943 e. The van der Waals surface area contributed by atoms with Crippen molar-refractivity contribution in [3.05, 3.63) is 11.6 Å². The summed E-state index contributed by atoms with van der Waals surface area (Å²) in [6.07, 6.45) is 14.5. The molecule has 0 rings (SSSR count). The predicted molar refractivity (Wildman–Crippen MR) is 71.2 cm³/mol. The van der Waals surface area contributed by atoms with E-state index < -0.39 is 0 Å². The van der Waals surface area contributed by atoms with Gasteiger partial charge in [-0.2, -0.15) is 5.26 Å². The minimum atomic E-state index is 0.985. The van der Waals surface area contributed by atoms with Crippen molar-refractivity contribution in [1.29, 1.82) is 5.26 Å². The fourth-order valence-electron chi connectivity index (χ4n) is 1.79. The fraction of sp³-hybridized carbons (Fsp3) is 0.800. The summed E-state index contributed by atoms with van der Waals surface area (Å²) in [5.41, 5.74) is 1.00. The molecule has 0 spiro atoms. The van der Waals surface area contributed by atoms with Crippen LogP contribution in [0.3, 0.4) is 0 Å². The van der Waals surface area contributed by atoms with Gasteiger partial charge in [0.05, 0.1) is 6.07 Å². The zero-order chi connectivity index (χ0) is 12.1. The van der Waals surface area contributed by atoms with Crippen LogP contribution in [0.15, 0.2) is 11.6 Å². The first kappa shape index (κ1) is 15.2. The van der Waals surface area contributed by atoms with E-state index in [1.165, 1.54) is 51.4 Å². The molecule has 0 bridgehead atoms. The van der Waals surface area contributed by atoms with Crippen LogP contribution in [0.25, 0.3) is 0 Å². The SMILES string of the molecule is CCCCCCC/C=C(\C#N)CCCCC. The van der Waals surface area contributed by atoms with Crippen molar-refractivity contribution in [3.63, 3.8) is 0 Å². The van der Waals surface area contributed by atoms with Crippen molar-refractivity contribution in [2.45, 2.75) is 78.1 Å². The van der Waals surface area contributed by atoms with Gasteiger partial charge in [0.2, 0.25) is 0 Å². The molecular weight excluding hydrogens is 194 g/mol. The molecule has 0 aliphatic heterocycles. The van der Waals surface area contributed by atoms with Gasteiger partial charge in [-0.05, 0) is 25.7 Å². The average molecular weight is 221 g/mol. The third-order valence-electron chi connectivity index (χ3n) is 2.89. The first-order valence-electron chi connectivity index (χ1n) is 6.94. The Labute approximate surface area is 102 Å². The Kier molecular flexibility index (Phi) is 11.7. The molecule has 0 N–H and O–H groups in total. The van der Waals surface area contributed by atoms with Crippen molar-refractivity contribution in [1.82, 2.24) is 0 Å². The van der Waals surface area contributed by atoms with Gasteiger partial charge in [0.15, 0.2) is 0 Å². The van der Waals surface area contributed by atoms with Crippen molar-refractivity contribution in [3.8, 4) is 6.07 Å². The molecule has 0 heterocycles. The van der Waals surface area contributed by atoms with Crippen LogP contribution in [0.1, 0.15) is 78.1 Å². The van der Waals surface area contributed by atoms with Crippen LogP contribution in [0, 0.1) is 11.3 Å². The van der Waals surface area contributed by atoms with E-state index >= 15 is 0 Å². The van der Waals surface area contributed by atoms with Crippen LogP contribution in [0.2, 0.25) is 0 Å². The monoisotopic (exact) mass is 221 g/mol. The Morgan fingerprint density at radius 1 is 0.938 bits per heavy atom. The lowest BCUT2D eigenvalue weighted by molar-refractivity contribution is 0.636. The summed E-state index contributed by atoms with van der Waals surface area (Å²) in [7, 11) is 0. The van der Waals surface area contributed by atoms with E-state index in [2.05, 4.69) is 26.0 Å². The molecule has 0 unspecified atom stereocenters. The Balaban J connectivity index is 3.52. The second-order valence-electron chi connectivity index (χ2n) is 4.50. The van der Waals surface area contributed by atoms with Crippen LogP contribution in [-0.2, 0) is 0 Å². The maximum absolute atomic E-state index is 8.95. The first-order valence-corrected chi connectivity index (χ1v) is 6.94. The van der Waals surface area contributed by atoms with Crippen LogP contribution in [-0.4, -0.2) is 0 Å². The second-order valence-corrected chi connectivity index (χ2v) is 4.50. The van der Waals surface area contributed by atoms with Crippen molar-refractivity contribution >= 4 is 0 Å². The van der Waals surface area contributed by atoms with Crippen LogP contribution >= 0.6 is 0 Å². The van der Waals surface area contributed by atoms with Gasteiger partial charge in [0, 0.05) is 5.57 Å². The molecule has 1 nitrogen and oxygen atoms in total. The smallest absolute Gasteiger partial charge is 0.0943 e. The summed E-state index contributed by atoms with van der Waals surface area (Å²) in [6, 6.07) is 2.32. The molecule has 0 aromatic carbocycles. The quantitative estimate of drug-likeness (QED) is 0.359. The molecule has 16 heavy (non-hydrogen) atoms. The predicted octanol–water partition coefficient (Wildman–Crippen LogP) is 5.38.